The maximum Gasteiger partial charge on any atom is 0.269 e. The zero-order valence-corrected chi connectivity index (χ0v) is 20.3. The van der Waals surface area contributed by atoms with Crippen molar-refractivity contribution >= 4 is 28.9 Å². The van der Waals surface area contributed by atoms with Crippen LogP contribution in [0.15, 0.2) is 66.7 Å². The maximum atomic E-state index is 13.6. The van der Waals surface area contributed by atoms with Crippen LogP contribution in [0.1, 0.15) is 16.7 Å². The number of carbonyl (C=O) groups is 1. The van der Waals surface area contributed by atoms with Crippen molar-refractivity contribution in [3.63, 3.8) is 0 Å². The number of carbonyl (C=O) groups excluding carboxylic acids is 1. The van der Waals surface area contributed by atoms with Crippen LogP contribution in [0.25, 0.3) is 0 Å². The summed E-state index contributed by atoms with van der Waals surface area (Å²) in [4.78, 5) is 29.0. The Bertz CT molecular complexity index is 1290. The normalized spacial score (nSPS) is 19.3. The minimum Gasteiger partial charge on any atom is -0.365 e. The number of amides is 1. The first kappa shape index (κ1) is 24.2. The molecule has 9 heteroatoms. The van der Waals surface area contributed by atoms with Gasteiger partial charge < -0.3 is 10.2 Å². The lowest BCUT2D eigenvalue weighted by Crippen LogP contribution is -2.60. The minimum atomic E-state index is -0.407. The summed E-state index contributed by atoms with van der Waals surface area (Å²) in [7, 11) is 0. The molecule has 0 radical (unpaired) electrons. The van der Waals surface area contributed by atoms with E-state index < -0.39 is 10.8 Å². The van der Waals surface area contributed by atoms with Gasteiger partial charge in [-0.05, 0) is 53.4 Å². The monoisotopic (exact) mass is 508 g/mol. The molecule has 2 aliphatic heterocycles. The molecule has 2 heterocycles. The van der Waals surface area contributed by atoms with Gasteiger partial charge in [0, 0.05) is 55.6 Å². The van der Waals surface area contributed by atoms with Crippen molar-refractivity contribution in [3.8, 4) is 0 Å². The maximum absolute atomic E-state index is 13.6. The molecule has 1 saturated heterocycles. The summed E-state index contributed by atoms with van der Waals surface area (Å²) < 4.78 is 13.6. The lowest BCUT2D eigenvalue weighted by atomic mass is 9.83. The first-order valence-corrected chi connectivity index (χ1v) is 12.3. The van der Waals surface area contributed by atoms with Crippen LogP contribution in [0.4, 0.5) is 15.8 Å². The van der Waals surface area contributed by atoms with Crippen LogP contribution in [0.5, 0.6) is 0 Å². The molecule has 5 rings (SSSR count). The number of rotatable bonds is 6. The summed E-state index contributed by atoms with van der Waals surface area (Å²) in [6, 6.07) is 18.7. The summed E-state index contributed by atoms with van der Waals surface area (Å²) in [5.41, 5.74) is 3.60. The summed E-state index contributed by atoms with van der Waals surface area (Å²) in [5.74, 6) is -0.891. The average Bonchev–Trinajstić information content (AvgIpc) is 2.87. The van der Waals surface area contributed by atoms with E-state index in [1.54, 1.807) is 24.3 Å². The molecule has 2 aliphatic rings. The van der Waals surface area contributed by atoms with Crippen LogP contribution in [-0.2, 0) is 24.3 Å². The van der Waals surface area contributed by atoms with E-state index in [2.05, 4.69) is 15.1 Å². The van der Waals surface area contributed by atoms with Gasteiger partial charge in [0.1, 0.15) is 5.82 Å². The fraction of sp³-hybridized carbons (Fsp3) is 0.296. The predicted octanol–water partition coefficient (Wildman–Crippen LogP) is 4.57. The quantitative estimate of drug-likeness (QED) is 0.390. The van der Waals surface area contributed by atoms with Crippen molar-refractivity contribution in [2.75, 3.05) is 24.5 Å². The molecule has 0 aliphatic carbocycles. The van der Waals surface area contributed by atoms with Crippen molar-refractivity contribution in [2.45, 2.75) is 25.6 Å². The number of hydrogen-bond acceptors (Lipinski definition) is 5. The first-order valence-electron chi connectivity index (χ1n) is 11.9. The van der Waals surface area contributed by atoms with E-state index >= 15 is 0 Å². The number of nitrogens with zero attached hydrogens (tertiary/aromatic N) is 3. The molecular formula is C27H26ClFN4O3. The Hall–Kier alpha value is -3.49. The van der Waals surface area contributed by atoms with Crippen LogP contribution < -0.4 is 10.2 Å². The SMILES string of the molecule is O=C(NCc1cccc(F)c1)[C@@H]1Cc2cc([N+](=O)[O-])ccc2N2CCN(Cc3ccc(Cl)cc3)C[C@@H]12. The molecular weight excluding hydrogens is 483 g/mol. The number of anilines is 1. The van der Waals surface area contributed by atoms with Crippen LogP contribution >= 0.6 is 11.6 Å². The van der Waals surface area contributed by atoms with Gasteiger partial charge in [0.05, 0.1) is 16.9 Å². The van der Waals surface area contributed by atoms with Gasteiger partial charge in [0.15, 0.2) is 0 Å². The molecule has 0 bridgehead atoms. The number of nitro benzene ring substituents is 1. The van der Waals surface area contributed by atoms with Gasteiger partial charge in [-0.15, -0.1) is 0 Å². The Morgan fingerprint density at radius 2 is 1.89 bits per heavy atom. The third kappa shape index (κ3) is 5.20. The molecule has 0 aromatic heterocycles. The van der Waals surface area contributed by atoms with Crippen molar-refractivity contribution in [1.29, 1.82) is 0 Å². The molecule has 0 spiro atoms. The fourth-order valence-corrected chi connectivity index (χ4v) is 5.37. The highest BCUT2D eigenvalue weighted by Crippen LogP contribution is 2.38. The van der Waals surface area contributed by atoms with E-state index in [-0.39, 0.29) is 30.0 Å². The molecule has 186 valence electrons. The number of nitrogens with one attached hydrogen (secondary N) is 1. The predicted molar refractivity (Wildman–Crippen MR) is 136 cm³/mol. The molecule has 3 aromatic carbocycles. The highest BCUT2D eigenvalue weighted by Gasteiger charge is 2.41. The number of benzene rings is 3. The van der Waals surface area contributed by atoms with E-state index in [1.165, 1.54) is 18.2 Å². The van der Waals surface area contributed by atoms with Gasteiger partial charge >= 0.3 is 0 Å². The number of fused-ring (bicyclic) bond motifs is 3. The molecule has 1 N–H and O–H groups in total. The zero-order chi connectivity index (χ0) is 25.2. The van der Waals surface area contributed by atoms with Gasteiger partial charge in [0.25, 0.3) is 5.69 Å². The van der Waals surface area contributed by atoms with Gasteiger partial charge in [-0.25, -0.2) is 4.39 Å². The highest BCUT2D eigenvalue weighted by molar-refractivity contribution is 6.30. The number of non-ortho nitro benzene ring substituents is 1. The Labute approximate surface area is 213 Å². The zero-order valence-electron chi connectivity index (χ0n) is 19.6. The smallest absolute Gasteiger partial charge is 0.269 e. The van der Waals surface area contributed by atoms with Crippen molar-refractivity contribution < 1.29 is 14.1 Å². The van der Waals surface area contributed by atoms with E-state index in [9.17, 15) is 19.3 Å². The molecule has 36 heavy (non-hydrogen) atoms. The molecule has 2 atom stereocenters. The Morgan fingerprint density at radius 3 is 2.64 bits per heavy atom. The van der Waals surface area contributed by atoms with Gasteiger partial charge in [-0.3, -0.25) is 19.8 Å². The van der Waals surface area contributed by atoms with Gasteiger partial charge in [0.2, 0.25) is 5.91 Å². The molecule has 0 saturated carbocycles. The number of halogens is 2. The molecule has 3 aromatic rings. The van der Waals surface area contributed by atoms with E-state index in [0.29, 0.717) is 30.1 Å². The van der Waals surface area contributed by atoms with Crippen LogP contribution in [-0.4, -0.2) is 41.4 Å². The first-order chi connectivity index (χ1) is 17.4. The van der Waals surface area contributed by atoms with Crippen molar-refractivity contribution in [1.82, 2.24) is 10.2 Å². The van der Waals surface area contributed by atoms with Gasteiger partial charge in [-0.2, -0.15) is 0 Å². The number of nitro groups is 1. The van der Waals surface area contributed by atoms with Crippen LogP contribution in [0.3, 0.4) is 0 Å². The van der Waals surface area contributed by atoms with E-state index in [4.69, 9.17) is 11.6 Å². The second kappa shape index (κ2) is 10.2. The van der Waals surface area contributed by atoms with E-state index in [0.717, 1.165) is 29.9 Å². The number of hydrogen-bond donors (Lipinski definition) is 1. The Balaban J connectivity index is 1.39. The summed E-state index contributed by atoms with van der Waals surface area (Å²) in [6.45, 7) is 3.14. The molecule has 1 amide bonds. The van der Waals surface area contributed by atoms with Crippen LogP contribution in [0.2, 0.25) is 5.02 Å². The number of piperazine rings is 1. The summed E-state index contributed by atoms with van der Waals surface area (Å²) in [5, 5.41) is 15.0. The minimum absolute atomic E-state index is 0.0208. The lowest BCUT2D eigenvalue weighted by molar-refractivity contribution is -0.384. The third-order valence-electron chi connectivity index (χ3n) is 7.00. The summed E-state index contributed by atoms with van der Waals surface area (Å²) in [6.07, 6.45) is 0.405. The van der Waals surface area contributed by atoms with Crippen molar-refractivity contribution in [2.24, 2.45) is 5.92 Å². The molecule has 7 nitrogen and oxygen atoms in total. The van der Waals surface area contributed by atoms with Crippen LogP contribution in [0, 0.1) is 21.8 Å². The third-order valence-corrected chi connectivity index (χ3v) is 7.25. The van der Waals surface area contributed by atoms with E-state index in [1.807, 2.05) is 24.3 Å². The van der Waals surface area contributed by atoms with Crippen molar-refractivity contribution in [3.05, 3.63) is 104 Å². The Kier molecular flexibility index (Phi) is 6.89. The average molecular weight is 509 g/mol. The standard InChI is InChI=1S/C27H26ClFN4O3/c28-21-6-4-18(5-7-21)16-31-10-11-32-25-9-8-23(33(35)36)13-20(25)14-24(26(32)17-31)27(34)30-15-19-2-1-3-22(29)12-19/h1-9,12-13,24,26H,10-11,14-17H2,(H,30,34)/t24-,26+/m1/s1. The molecule has 1 fully saturated rings. The topological polar surface area (TPSA) is 78.7 Å². The molecule has 0 unspecified atom stereocenters. The van der Waals surface area contributed by atoms with Gasteiger partial charge in [-0.1, -0.05) is 35.9 Å². The second-order valence-electron chi connectivity index (χ2n) is 9.35. The largest absolute Gasteiger partial charge is 0.365 e. The Morgan fingerprint density at radius 1 is 1.08 bits per heavy atom. The summed E-state index contributed by atoms with van der Waals surface area (Å²) >= 11 is 6.03. The highest BCUT2D eigenvalue weighted by atomic mass is 35.5. The fourth-order valence-electron chi connectivity index (χ4n) is 5.24. The second-order valence-corrected chi connectivity index (χ2v) is 9.79. The lowest BCUT2D eigenvalue weighted by Gasteiger charge is -2.49.